The van der Waals surface area contributed by atoms with Gasteiger partial charge in [0.25, 0.3) is 0 Å². The number of imidazole rings is 1. The Kier molecular flexibility index (Phi) is 4.46. The maximum Gasteiger partial charge on any atom is 0.127 e. The number of hydrogen-bond donors (Lipinski definition) is 2. The number of nitrogens with zero attached hydrogens (tertiary/aromatic N) is 2. The third-order valence-electron chi connectivity index (χ3n) is 6.47. The molecule has 0 radical (unpaired) electrons. The van der Waals surface area contributed by atoms with Gasteiger partial charge in [0, 0.05) is 31.2 Å². The molecule has 0 bridgehead atoms. The van der Waals surface area contributed by atoms with Crippen molar-refractivity contribution in [1.29, 1.82) is 0 Å². The maximum atomic E-state index is 4.57. The highest BCUT2D eigenvalue weighted by Crippen LogP contribution is 2.44. The highest BCUT2D eigenvalue weighted by atomic mass is 15.1. The molecule has 2 saturated carbocycles. The molecule has 0 amide bonds. The minimum atomic E-state index is 0.427. The molecule has 4 nitrogen and oxygen atoms in total. The molecule has 0 spiro atoms. The first-order valence-electron chi connectivity index (χ1n) is 10.2. The van der Waals surface area contributed by atoms with E-state index in [1.807, 2.05) is 6.20 Å². The van der Waals surface area contributed by atoms with Gasteiger partial charge >= 0.3 is 0 Å². The lowest BCUT2D eigenvalue weighted by Gasteiger charge is -2.42. The molecule has 4 heteroatoms. The number of fused-ring (bicyclic) bond motifs is 1. The predicted octanol–water partition coefficient (Wildman–Crippen LogP) is 3.74. The molecule has 2 aromatic heterocycles. The lowest BCUT2D eigenvalue weighted by molar-refractivity contribution is 0.125. The van der Waals surface area contributed by atoms with Gasteiger partial charge in [0.1, 0.15) is 5.82 Å². The fraction of sp³-hybridized carbons (Fsp3) is 0.435. The van der Waals surface area contributed by atoms with Crippen molar-refractivity contribution in [2.75, 3.05) is 13.1 Å². The normalized spacial score (nSPS) is 23.3. The van der Waals surface area contributed by atoms with E-state index in [9.17, 15) is 0 Å². The molecule has 2 fully saturated rings. The number of hydrogen-bond acceptors (Lipinski definition) is 3. The van der Waals surface area contributed by atoms with Crippen molar-refractivity contribution < 1.29 is 0 Å². The largest absolute Gasteiger partial charge is 0.313 e. The summed E-state index contributed by atoms with van der Waals surface area (Å²) in [6, 6.07) is 17.8. The fourth-order valence-electron chi connectivity index (χ4n) is 4.50. The molecule has 0 aliphatic heterocycles. The van der Waals surface area contributed by atoms with Crippen molar-refractivity contribution in [1.82, 2.24) is 20.0 Å². The molecule has 2 atom stereocenters. The SMILES string of the molecule is c1ccc([C@H]2CC2NCC2(CNCc3ncc4ccccn34)CCC2)cc1. The van der Waals surface area contributed by atoms with E-state index in [0.29, 0.717) is 17.4 Å². The van der Waals surface area contributed by atoms with Crippen LogP contribution in [0.3, 0.4) is 0 Å². The second kappa shape index (κ2) is 7.10. The third-order valence-corrected chi connectivity index (χ3v) is 6.47. The van der Waals surface area contributed by atoms with E-state index >= 15 is 0 Å². The zero-order valence-corrected chi connectivity index (χ0v) is 15.8. The summed E-state index contributed by atoms with van der Waals surface area (Å²) in [6.45, 7) is 3.04. The van der Waals surface area contributed by atoms with Crippen LogP contribution in [0.1, 0.15) is 43.0 Å². The van der Waals surface area contributed by atoms with E-state index in [1.54, 1.807) is 0 Å². The Balaban J connectivity index is 1.13. The summed E-state index contributed by atoms with van der Waals surface area (Å²) in [5.74, 6) is 1.81. The molecule has 2 N–H and O–H groups in total. The molecule has 2 heterocycles. The smallest absolute Gasteiger partial charge is 0.127 e. The van der Waals surface area contributed by atoms with Crippen LogP contribution < -0.4 is 10.6 Å². The van der Waals surface area contributed by atoms with E-state index in [2.05, 4.69) is 74.7 Å². The maximum absolute atomic E-state index is 4.57. The molecule has 2 aliphatic rings. The van der Waals surface area contributed by atoms with Crippen LogP contribution in [0.2, 0.25) is 0 Å². The van der Waals surface area contributed by atoms with Crippen molar-refractivity contribution in [2.24, 2.45) is 5.41 Å². The van der Waals surface area contributed by atoms with Crippen molar-refractivity contribution in [3.8, 4) is 0 Å². The van der Waals surface area contributed by atoms with Crippen LogP contribution in [-0.4, -0.2) is 28.5 Å². The number of pyridine rings is 1. The molecule has 3 aromatic rings. The summed E-state index contributed by atoms with van der Waals surface area (Å²) < 4.78 is 2.17. The van der Waals surface area contributed by atoms with E-state index in [4.69, 9.17) is 0 Å². The summed E-state index contributed by atoms with van der Waals surface area (Å²) in [6.07, 6.45) is 9.36. The standard InChI is InChI=1S/C23H28N4/c1-2-7-18(8-3-1)20-13-21(20)26-17-23(10-6-11-23)16-24-15-22-25-14-19-9-4-5-12-27(19)22/h1-5,7-9,12,14,20-21,24,26H,6,10-11,13,15-17H2/t20-,21?/m1/s1. The predicted molar refractivity (Wildman–Crippen MR) is 109 cm³/mol. The van der Waals surface area contributed by atoms with Gasteiger partial charge in [-0.15, -0.1) is 0 Å². The zero-order valence-electron chi connectivity index (χ0n) is 15.8. The second-order valence-corrected chi connectivity index (χ2v) is 8.37. The van der Waals surface area contributed by atoms with Gasteiger partial charge in [-0.3, -0.25) is 0 Å². The van der Waals surface area contributed by atoms with E-state index in [-0.39, 0.29) is 0 Å². The molecular weight excluding hydrogens is 332 g/mol. The zero-order chi connectivity index (χ0) is 18.1. The topological polar surface area (TPSA) is 41.4 Å². The van der Waals surface area contributed by atoms with Crippen LogP contribution in [0.4, 0.5) is 0 Å². The average Bonchev–Trinajstić information content (AvgIpc) is 3.36. The van der Waals surface area contributed by atoms with Crippen molar-refractivity contribution in [3.05, 3.63) is 72.3 Å². The van der Waals surface area contributed by atoms with E-state index < -0.39 is 0 Å². The van der Waals surface area contributed by atoms with Gasteiger partial charge < -0.3 is 15.0 Å². The van der Waals surface area contributed by atoms with Gasteiger partial charge in [0.15, 0.2) is 0 Å². The summed E-state index contributed by atoms with van der Waals surface area (Å²) >= 11 is 0. The molecule has 1 unspecified atom stereocenters. The number of aromatic nitrogens is 2. The minimum Gasteiger partial charge on any atom is -0.313 e. The molecule has 0 saturated heterocycles. The van der Waals surface area contributed by atoms with Gasteiger partial charge in [-0.25, -0.2) is 4.98 Å². The number of rotatable bonds is 8. The van der Waals surface area contributed by atoms with Crippen LogP contribution in [-0.2, 0) is 6.54 Å². The Morgan fingerprint density at radius 1 is 1.04 bits per heavy atom. The monoisotopic (exact) mass is 360 g/mol. The summed E-state index contributed by atoms with van der Waals surface area (Å²) in [4.78, 5) is 4.57. The molecule has 2 aliphatic carbocycles. The first-order chi connectivity index (χ1) is 13.3. The first kappa shape index (κ1) is 17.0. The van der Waals surface area contributed by atoms with Gasteiger partial charge in [-0.1, -0.05) is 42.8 Å². The van der Waals surface area contributed by atoms with E-state index in [0.717, 1.165) is 31.0 Å². The Hall–Kier alpha value is -2.17. The quantitative estimate of drug-likeness (QED) is 0.643. The Morgan fingerprint density at radius 3 is 2.70 bits per heavy atom. The highest BCUT2D eigenvalue weighted by molar-refractivity contribution is 5.45. The van der Waals surface area contributed by atoms with Gasteiger partial charge in [0.2, 0.25) is 0 Å². The molecular formula is C23H28N4. The minimum absolute atomic E-state index is 0.427. The van der Waals surface area contributed by atoms with Crippen LogP contribution >= 0.6 is 0 Å². The van der Waals surface area contributed by atoms with E-state index in [1.165, 1.54) is 31.2 Å². The average molecular weight is 361 g/mol. The third kappa shape index (κ3) is 3.52. The highest BCUT2D eigenvalue weighted by Gasteiger charge is 2.42. The Labute approximate surface area is 161 Å². The first-order valence-corrected chi connectivity index (χ1v) is 10.2. The summed E-state index contributed by atoms with van der Waals surface area (Å²) in [5.41, 5.74) is 3.08. The van der Waals surface area contributed by atoms with Gasteiger partial charge in [0.05, 0.1) is 18.3 Å². The van der Waals surface area contributed by atoms with Crippen LogP contribution in [0, 0.1) is 5.41 Å². The summed E-state index contributed by atoms with van der Waals surface area (Å²) in [5, 5.41) is 7.55. The molecule has 1 aromatic carbocycles. The van der Waals surface area contributed by atoms with Crippen LogP contribution in [0.25, 0.3) is 5.52 Å². The Bertz CT molecular complexity index is 897. The lowest BCUT2D eigenvalue weighted by Crippen LogP contribution is -2.47. The number of benzene rings is 1. The fourth-order valence-corrected chi connectivity index (χ4v) is 4.50. The van der Waals surface area contributed by atoms with Gasteiger partial charge in [-0.2, -0.15) is 0 Å². The second-order valence-electron chi connectivity index (χ2n) is 8.37. The lowest BCUT2D eigenvalue weighted by atomic mass is 9.68. The van der Waals surface area contributed by atoms with Crippen molar-refractivity contribution in [3.63, 3.8) is 0 Å². The molecule has 5 rings (SSSR count). The van der Waals surface area contributed by atoms with Gasteiger partial charge in [-0.05, 0) is 42.4 Å². The molecule has 27 heavy (non-hydrogen) atoms. The van der Waals surface area contributed by atoms with Crippen LogP contribution in [0.5, 0.6) is 0 Å². The number of nitrogens with one attached hydrogen (secondary N) is 2. The van der Waals surface area contributed by atoms with Crippen molar-refractivity contribution in [2.45, 2.75) is 44.2 Å². The molecule has 140 valence electrons. The summed E-state index contributed by atoms with van der Waals surface area (Å²) in [7, 11) is 0. The van der Waals surface area contributed by atoms with Crippen molar-refractivity contribution >= 4 is 5.52 Å². The Morgan fingerprint density at radius 2 is 1.89 bits per heavy atom. The van der Waals surface area contributed by atoms with Crippen LogP contribution in [0.15, 0.2) is 60.9 Å².